The lowest BCUT2D eigenvalue weighted by Crippen LogP contribution is -2.31. The molecule has 0 fully saturated rings. The topological polar surface area (TPSA) is 37.3 Å². The Morgan fingerprint density at radius 2 is 1.48 bits per heavy atom. The van der Waals surface area contributed by atoms with Crippen molar-refractivity contribution in [2.24, 2.45) is 5.41 Å². The van der Waals surface area contributed by atoms with E-state index in [-0.39, 0.29) is 5.78 Å². The van der Waals surface area contributed by atoms with Crippen LogP contribution in [0.2, 0.25) is 0 Å². The molecule has 2 heteroatoms. The van der Waals surface area contributed by atoms with Crippen molar-refractivity contribution in [3.05, 3.63) is 83.9 Å². The second kappa shape index (κ2) is 5.98. The molecule has 3 aromatic rings. The zero-order chi connectivity index (χ0) is 16.4. The minimum Gasteiger partial charge on any atom is -0.387 e. The first-order valence-electron chi connectivity index (χ1n) is 7.77. The van der Waals surface area contributed by atoms with Crippen molar-refractivity contribution in [2.45, 2.75) is 20.0 Å². The van der Waals surface area contributed by atoms with Gasteiger partial charge in [-0.25, -0.2) is 0 Å². The lowest BCUT2D eigenvalue weighted by atomic mass is 9.76. The Balaban J connectivity index is 1.96. The van der Waals surface area contributed by atoms with Gasteiger partial charge in [0.2, 0.25) is 0 Å². The van der Waals surface area contributed by atoms with Crippen molar-refractivity contribution in [3.8, 4) is 0 Å². The maximum atomic E-state index is 12.8. The summed E-state index contributed by atoms with van der Waals surface area (Å²) in [5.41, 5.74) is 0.486. The van der Waals surface area contributed by atoms with E-state index < -0.39 is 11.5 Å². The lowest BCUT2D eigenvalue weighted by Gasteiger charge is -2.29. The van der Waals surface area contributed by atoms with Gasteiger partial charge in [-0.2, -0.15) is 0 Å². The largest absolute Gasteiger partial charge is 0.387 e. The Bertz CT molecular complexity index is 835. The predicted octanol–water partition coefficient (Wildman–Crippen LogP) is 4.78. The summed E-state index contributed by atoms with van der Waals surface area (Å²) in [5, 5.41) is 13.0. The van der Waals surface area contributed by atoms with Gasteiger partial charge in [-0.15, -0.1) is 0 Å². The number of rotatable bonds is 4. The molecule has 0 spiro atoms. The normalized spacial score (nSPS) is 13.0. The number of benzene rings is 3. The van der Waals surface area contributed by atoms with Crippen molar-refractivity contribution in [2.75, 3.05) is 0 Å². The average Bonchev–Trinajstić information content (AvgIpc) is 2.60. The summed E-state index contributed by atoms with van der Waals surface area (Å²) in [4.78, 5) is 12.8. The summed E-state index contributed by atoms with van der Waals surface area (Å²) in [5.74, 6) is -0.0567. The van der Waals surface area contributed by atoms with E-state index in [0.717, 1.165) is 16.3 Å². The number of hydrogen-bond donors (Lipinski definition) is 1. The van der Waals surface area contributed by atoms with Crippen LogP contribution in [0.1, 0.15) is 35.9 Å². The van der Waals surface area contributed by atoms with Gasteiger partial charge < -0.3 is 5.11 Å². The van der Waals surface area contributed by atoms with Crippen LogP contribution in [0.25, 0.3) is 10.8 Å². The molecule has 0 saturated heterocycles. The summed E-state index contributed by atoms with van der Waals surface area (Å²) in [6.07, 6.45) is -0.861. The van der Waals surface area contributed by atoms with Crippen molar-refractivity contribution in [1.82, 2.24) is 0 Å². The van der Waals surface area contributed by atoms with Crippen LogP contribution in [0.15, 0.2) is 72.8 Å². The Hall–Kier alpha value is -2.45. The quantitative estimate of drug-likeness (QED) is 0.704. The van der Waals surface area contributed by atoms with E-state index in [2.05, 4.69) is 0 Å². The molecule has 0 amide bonds. The van der Waals surface area contributed by atoms with Gasteiger partial charge in [-0.1, -0.05) is 66.7 Å². The molecular formula is C21H20O2. The molecule has 2 nitrogen and oxygen atoms in total. The highest BCUT2D eigenvalue weighted by Gasteiger charge is 2.37. The number of carbonyl (C=O) groups is 1. The zero-order valence-electron chi connectivity index (χ0n) is 13.4. The van der Waals surface area contributed by atoms with E-state index in [9.17, 15) is 9.90 Å². The van der Waals surface area contributed by atoms with Crippen LogP contribution >= 0.6 is 0 Å². The highest BCUT2D eigenvalue weighted by atomic mass is 16.3. The molecule has 3 aromatic carbocycles. The molecule has 0 aromatic heterocycles. The minimum atomic E-state index is -0.899. The summed E-state index contributed by atoms with van der Waals surface area (Å²) < 4.78 is 0. The molecule has 0 radical (unpaired) electrons. The van der Waals surface area contributed by atoms with E-state index in [1.807, 2.05) is 60.7 Å². The molecule has 0 bridgehead atoms. The lowest BCUT2D eigenvalue weighted by molar-refractivity contribution is 0.0389. The number of hydrogen-bond acceptors (Lipinski definition) is 2. The standard InChI is InChI=1S/C21H20O2/c1-21(2,19(22)16-9-4-3-5-10-16)20(23)18-13-12-15-8-6-7-11-17(15)14-18/h3-14,20,23H,1-2H3/t20-/m0/s1. The number of fused-ring (bicyclic) bond motifs is 1. The van der Waals surface area contributed by atoms with Crippen LogP contribution < -0.4 is 0 Å². The van der Waals surface area contributed by atoms with Crippen LogP contribution in [0.3, 0.4) is 0 Å². The summed E-state index contributed by atoms with van der Waals surface area (Å²) in [6.45, 7) is 3.59. The molecular weight excluding hydrogens is 284 g/mol. The Kier molecular flexibility index (Phi) is 4.01. The summed E-state index contributed by atoms with van der Waals surface area (Å²) in [6, 6.07) is 23.0. The number of Topliss-reactive ketones (excluding diaryl/α,β-unsaturated/α-hetero) is 1. The van der Waals surface area contributed by atoms with E-state index in [1.165, 1.54) is 0 Å². The smallest absolute Gasteiger partial charge is 0.171 e. The molecule has 0 saturated carbocycles. The average molecular weight is 304 g/mol. The second-order valence-corrected chi connectivity index (χ2v) is 6.43. The Morgan fingerprint density at radius 3 is 2.17 bits per heavy atom. The van der Waals surface area contributed by atoms with Crippen molar-refractivity contribution >= 4 is 16.6 Å². The van der Waals surface area contributed by atoms with E-state index in [4.69, 9.17) is 0 Å². The first-order valence-corrected chi connectivity index (χ1v) is 7.77. The van der Waals surface area contributed by atoms with Gasteiger partial charge in [0.05, 0.1) is 11.5 Å². The van der Waals surface area contributed by atoms with Gasteiger partial charge in [-0.05, 0) is 36.2 Å². The zero-order valence-corrected chi connectivity index (χ0v) is 13.4. The molecule has 23 heavy (non-hydrogen) atoms. The molecule has 116 valence electrons. The molecule has 0 heterocycles. The minimum absolute atomic E-state index is 0.0567. The number of carbonyl (C=O) groups excluding carboxylic acids is 1. The third-order valence-corrected chi connectivity index (χ3v) is 4.39. The van der Waals surface area contributed by atoms with Gasteiger partial charge in [0.1, 0.15) is 0 Å². The fourth-order valence-electron chi connectivity index (χ4n) is 2.88. The molecule has 0 aliphatic rings. The van der Waals surface area contributed by atoms with E-state index in [1.54, 1.807) is 26.0 Å². The van der Waals surface area contributed by atoms with Gasteiger partial charge in [0, 0.05) is 5.56 Å². The van der Waals surface area contributed by atoms with Crippen molar-refractivity contribution < 1.29 is 9.90 Å². The third-order valence-electron chi connectivity index (χ3n) is 4.39. The highest BCUT2D eigenvalue weighted by molar-refractivity contribution is 6.00. The summed E-state index contributed by atoms with van der Waals surface area (Å²) in [7, 11) is 0. The number of aliphatic hydroxyl groups excluding tert-OH is 1. The van der Waals surface area contributed by atoms with Gasteiger partial charge in [0.25, 0.3) is 0 Å². The third kappa shape index (κ3) is 2.90. The molecule has 0 aliphatic heterocycles. The van der Waals surface area contributed by atoms with Crippen LogP contribution in [0.5, 0.6) is 0 Å². The first kappa shape index (κ1) is 15.4. The van der Waals surface area contributed by atoms with Gasteiger partial charge >= 0.3 is 0 Å². The molecule has 3 rings (SSSR count). The van der Waals surface area contributed by atoms with Crippen LogP contribution in [-0.4, -0.2) is 10.9 Å². The molecule has 0 aliphatic carbocycles. The van der Waals surface area contributed by atoms with Crippen LogP contribution in [0.4, 0.5) is 0 Å². The molecule has 0 unspecified atom stereocenters. The first-order chi connectivity index (χ1) is 11.0. The van der Waals surface area contributed by atoms with Crippen molar-refractivity contribution in [1.29, 1.82) is 0 Å². The van der Waals surface area contributed by atoms with E-state index in [0.29, 0.717) is 5.56 Å². The predicted molar refractivity (Wildman–Crippen MR) is 93.5 cm³/mol. The highest BCUT2D eigenvalue weighted by Crippen LogP contribution is 2.37. The maximum absolute atomic E-state index is 12.8. The monoisotopic (exact) mass is 304 g/mol. The molecule has 1 atom stereocenters. The Morgan fingerprint density at radius 1 is 0.870 bits per heavy atom. The number of ketones is 1. The van der Waals surface area contributed by atoms with Crippen molar-refractivity contribution in [3.63, 3.8) is 0 Å². The van der Waals surface area contributed by atoms with Gasteiger partial charge in [0.15, 0.2) is 5.78 Å². The fourth-order valence-corrected chi connectivity index (χ4v) is 2.88. The number of aliphatic hydroxyl groups is 1. The molecule has 1 N–H and O–H groups in total. The van der Waals surface area contributed by atoms with Crippen LogP contribution in [0, 0.1) is 5.41 Å². The summed E-state index contributed by atoms with van der Waals surface area (Å²) >= 11 is 0. The second-order valence-electron chi connectivity index (χ2n) is 6.43. The SMILES string of the molecule is CC(C)(C(=O)c1ccccc1)[C@@H](O)c1ccc2ccccc2c1. The van der Waals surface area contributed by atoms with Gasteiger partial charge in [-0.3, -0.25) is 4.79 Å². The maximum Gasteiger partial charge on any atom is 0.171 e. The van der Waals surface area contributed by atoms with E-state index >= 15 is 0 Å². The fraction of sp³-hybridized carbons (Fsp3) is 0.190. The Labute approximate surface area is 136 Å². The van der Waals surface area contributed by atoms with Crippen LogP contribution in [-0.2, 0) is 0 Å².